The summed E-state index contributed by atoms with van der Waals surface area (Å²) >= 11 is 0. The molecule has 0 aliphatic heterocycles. The van der Waals surface area contributed by atoms with Gasteiger partial charge in [0, 0.05) is 25.2 Å². The van der Waals surface area contributed by atoms with Crippen LogP contribution in [0.3, 0.4) is 0 Å². The third-order valence-corrected chi connectivity index (χ3v) is 10.0. The van der Waals surface area contributed by atoms with E-state index in [1.807, 2.05) is 11.8 Å². The van der Waals surface area contributed by atoms with Gasteiger partial charge in [-0.1, -0.05) is 84.0 Å². The van der Waals surface area contributed by atoms with E-state index >= 15 is 0 Å². The lowest BCUT2D eigenvalue weighted by Crippen LogP contribution is -2.65. The molecule has 8 atom stereocenters. The normalized spacial score (nSPS) is 21.4. The highest BCUT2D eigenvalue weighted by molar-refractivity contribution is 7.59. The van der Waals surface area contributed by atoms with Crippen molar-refractivity contribution in [1.82, 2.24) is 0 Å². The lowest BCUT2D eigenvalue weighted by atomic mass is 9.85. The monoisotopic (exact) mass is 932 g/mol. The quantitative estimate of drug-likeness (QED) is 0.0195. The van der Waals surface area contributed by atoms with Crippen molar-refractivity contribution >= 4 is 48.9 Å². The molecule has 1 saturated carbocycles. The molecule has 0 spiro atoms. The summed E-state index contributed by atoms with van der Waals surface area (Å²) in [4.78, 5) is 72.2. The molecule has 0 aromatic carbocycles. The van der Waals surface area contributed by atoms with Gasteiger partial charge in [0.25, 0.3) is 0 Å². The molecular weight excluding hydrogens is 861 g/mol. The number of carbonyl (C=O) groups excluding carboxylic acids is 2. The fourth-order valence-electron chi connectivity index (χ4n) is 5.35. The molecule has 0 amide bonds. The number of esters is 2. The van der Waals surface area contributed by atoms with Crippen LogP contribution in [0.25, 0.3) is 0 Å². The maximum absolute atomic E-state index is 13.0. The fraction of sp³-hybridized carbons (Fsp3) is 0.667. The molecule has 0 bridgehead atoms. The zero-order valence-electron chi connectivity index (χ0n) is 32.3. The van der Waals surface area contributed by atoms with Crippen LogP contribution in [0.5, 0.6) is 0 Å². The van der Waals surface area contributed by atoms with Gasteiger partial charge in [-0.15, -0.1) is 6.42 Å². The number of hydrogen-bond donors (Lipinski definition) is 8. The summed E-state index contributed by atoms with van der Waals surface area (Å²) in [7, 11) is -16.7. The molecule has 1 aliphatic carbocycles. The van der Waals surface area contributed by atoms with Gasteiger partial charge in [-0.25, -0.2) is 18.5 Å². The van der Waals surface area contributed by atoms with Crippen LogP contribution in [0.15, 0.2) is 0 Å². The molecule has 1 aliphatic rings. The Balaban J connectivity index is -0.000000420. The molecule has 59 heavy (non-hydrogen) atoms. The first-order chi connectivity index (χ1) is 27.3. The van der Waals surface area contributed by atoms with E-state index in [1.165, 1.54) is 44.9 Å². The Morgan fingerprint density at radius 3 is 1.47 bits per heavy atom. The zero-order valence-corrected chi connectivity index (χ0v) is 36.0. The Kier molecular flexibility index (Phi) is 29.0. The van der Waals surface area contributed by atoms with Crippen molar-refractivity contribution in [1.29, 1.82) is 0 Å². The number of terminal acetylenes is 1. The van der Waals surface area contributed by atoms with E-state index in [-0.39, 0.29) is 32.8 Å². The van der Waals surface area contributed by atoms with Crippen LogP contribution >= 0.6 is 37.0 Å². The summed E-state index contributed by atoms with van der Waals surface area (Å²) in [6.45, 7) is 0.353. The summed E-state index contributed by atoms with van der Waals surface area (Å²) in [5.74, 6) is 17.9. The number of carbonyl (C=O) groups is 2. The van der Waals surface area contributed by atoms with Crippen molar-refractivity contribution in [3.8, 4) is 59.7 Å². The van der Waals surface area contributed by atoms with Crippen LogP contribution in [-0.4, -0.2) is 108 Å². The molecule has 350 valence electrons. The molecule has 1 rings (SSSR count). The molecule has 0 saturated heterocycles. The summed E-state index contributed by atoms with van der Waals surface area (Å²) < 4.78 is 64.3. The summed E-state index contributed by atoms with van der Waals surface area (Å²) in [5.41, 5.74) is 0. The number of aliphatic hydroxyl groups is 3. The molecule has 19 nitrogen and oxygen atoms in total. The molecule has 0 aromatic heterocycles. The highest BCUT2D eigenvalue weighted by Gasteiger charge is 2.56. The van der Waals surface area contributed by atoms with Gasteiger partial charge in [0.1, 0.15) is 43.2 Å². The number of unbranched alkanes of at least 4 members (excludes halogenated alkanes) is 12. The van der Waals surface area contributed by atoms with E-state index < -0.39 is 91.3 Å². The van der Waals surface area contributed by atoms with E-state index in [1.54, 1.807) is 0 Å². The van der Waals surface area contributed by atoms with Gasteiger partial charge < -0.3 is 49.3 Å². The Labute approximate surface area is 364 Å². The van der Waals surface area contributed by atoms with Gasteiger partial charge in [0.2, 0.25) is 0 Å². The number of aliphatic hydroxyl groups excluding tert-OH is 3. The predicted molar refractivity (Wildman–Crippen MR) is 233 cm³/mol. The third kappa shape index (κ3) is 27.0. The first-order valence-electron chi connectivity index (χ1n) is 18.3. The second kappa shape index (κ2) is 30.3. The smallest absolute Gasteiger partial charge is 0.456 e. The second-order valence-corrected chi connectivity index (χ2v) is 16.6. The maximum atomic E-state index is 13.0. The van der Waals surface area contributed by atoms with Gasteiger partial charge in [0.05, 0.1) is 6.61 Å². The van der Waals surface area contributed by atoms with Crippen molar-refractivity contribution in [3.63, 3.8) is 0 Å². The molecule has 0 radical (unpaired) electrons. The SMILES string of the molecule is C#CC#CC#CC#CC#CC(=O)OC[C@H](COP(=O)(O)OC1C(O)[C@H](OP(=O)(O)O)C(O)C(OP(=O)(O)O)[C@@H]1O)OC(=O)CCCCCCCCCCCCCCC.S.[HH].[HH].[HH].[HH].[HH].[HH].[HH].[HH].[HH]. The van der Waals surface area contributed by atoms with Crippen LogP contribution in [0, 0.1) is 59.7 Å². The molecule has 0 aromatic rings. The maximum Gasteiger partial charge on any atom is 0.472 e. The minimum atomic E-state index is -5.57. The largest absolute Gasteiger partial charge is 0.472 e. The predicted octanol–water partition coefficient (Wildman–Crippen LogP) is 4.45. The van der Waals surface area contributed by atoms with Crippen molar-refractivity contribution in [2.75, 3.05) is 13.2 Å². The van der Waals surface area contributed by atoms with Gasteiger partial charge in [0.15, 0.2) is 6.10 Å². The van der Waals surface area contributed by atoms with Gasteiger partial charge in [-0.05, 0) is 53.8 Å². The second-order valence-electron chi connectivity index (χ2n) is 12.8. The molecule has 1 fully saturated rings. The Hall–Kier alpha value is -2.70. The average molecular weight is 933 g/mol. The average Bonchev–Trinajstić information content (AvgIpc) is 3.14. The standard InChI is InChI=1S/C36H51O19P3.H2S.9H2/c1-3-5-7-9-11-13-14-15-16-17-19-21-23-25-30(38)52-28(26-50-29(37)24-22-20-18-12-10-8-6-4-2)27-51-58(48,49)55-36-32(40)34(53-56(42,43)44)31(39)35(33(36)41)54-57(45,46)47;;;;;;;;;;/h2,28,31-36,39-41H,3,5,7,9,11,13-17,19,21,23,25-27H2,1H3,(H,48,49)(H2,42,43,44)(H2,45,46,47);1H2;9*1H/t28-,31?,32+,33?,34?,35-,36?;;;;;;;;;;/m1........../s1. The Morgan fingerprint density at radius 1 is 0.627 bits per heavy atom. The van der Waals surface area contributed by atoms with Crippen molar-refractivity contribution in [2.24, 2.45) is 0 Å². The number of hydrogen-bond acceptors (Lipinski definition) is 14. The lowest BCUT2D eigenvalue weighted by Gasteiger charge is -2.44. The highest BCUT2D eigenvalue weighted by atomic mass is 32.1. The van der Waals surface area contributed by atoms with Crippen LogP contribution < -0.4 is 0 Å². The molecule has 8 N–H and O–H groups in total. The van der Waals surface area contributed by atoms with Gasteiger partial charge >= 0.3 is 35.4 Å². The molecular formula is C36H71O19P3S. The minimum absolute atomic E-state index is 0. The first kappa shape index (κ1) is 56.3. The first-order valence-corrected chi connectivity index (χ1v) is 22.9. The number of rotatable bonds is 26. The van der Waals surface area contributed by atoms with Crippen LogP contribution in [-0.2, 0) is 50.9 Å². The zero-order chi connectivity index (χ0) is 43.6. The van der Waals surface area contributed by atoms with Crippen LogP contribution in [0.4, 0.5) is 0 Å². The van der Waals surface area contributed by atoms with Gasteiger partial charge in [-0.2, -0.15) is 13.5 Å². The number of phosphoric ester groups is 3. The van der Waals surface area contributed by atoms with E-state index in [0.29, 0.717) is 12.8 Å². The Bertz CT molecular complexity index is 1750. The highest BCUT2D eigenvalue weighted by Crippen LogP contribution is 2.51. The van der Waals surface area contributed by atoms with E-state index in [4.69, 9.17) is 24.9 Å². The van der Waals surface area contributed by atoms with Crippen molar-refractivity contribution in [3.05, 3.63) is 0 Å². The number of ether oxygens (including phenoxy) is 2. The van der Waals surface area contributed by atoms with Crippen LogP contribution in [0.2, 0.25) is 0 Å². The summed E-state index contributed by atoms with van der Waals surface area (Å²) in [6, 6.07) is 0. The van der Waals surface area contributed by atoms with E-state index in [0.717, 1.165) is 25.7 Å². The lowest BCUT2D eigenvalue weighted by molar-refractivity contribution is -0.213. The minimum Gasteiger partial charge on any atom is -0.456 e. The topological polar surface area (TPSA) is 303 Å². The van der Waals surface area contributed by atoms with E-state index in [9.17, 15) is 63.1 Å². The summed E-state index contributed by atoms with van der Waals surface area (Å²) in [5, 5.41) is 31.6. The van der Waals surface area contributed by atoms with Crippen molar-refractivity contribution < 1.29 is 103 Å². The van der Waals surface area contributed by atoms with Gasteiger partial charge in [-0.3, -0.25) is 22.9 Å². The molecule has 23 heteroatoms. The fourth-order valence-corrected chi connectivity index (χ4v) is 7.45. The van der Waals surface area contributed by atoms with E-state index in [2.05, 4.69) is 57.4 Å². The summed E-state index contributed by atoms with van der Waals surface area (Å²) in [6.07, 6.45) is 1.95. The van der Waals surface area contributed by atoms with Crippen molar-refractivity contribution in [2.45, 2.75) is 140 Å². The molecule has 0 heterocycles. The van der Waals surface area contributed by atoms with Crippen LogP contribution in [0.1, 0.15) is 110 Å². The third-order valence-electron chi connectivity index (χ3n) is 8.01. The molecule has 5 unspecified atom stereocenters. The number of phosphoric acid groups is 3. The Morgan fingerprint density at radius 2 is 1.03 bits per heavy atom.